The van der Waals surface area contributed by atoms with Gasteiger partial charge in [0.15, 0.2) is 14.6 Å². The lowest BCUT2D eigenvalue weighted by Crippen LogP contribution is -2.37. The summed E-state index contributed by atoms with van der Waals surface area (Å²) in [6.45, 7) is 1.97. The molecule has 0 saturated heterocycles. The number of unbranched alkanes of at least 4 members (excludes halogenated alkanes) is 1. The van der Waals surface area contributed by atoms with E-state index in [1.165, 1.54) is 0 Å². The van der Waals surface area contributed by atoms with E-state index in [0.717, 1.165) is 6.42 Å². The topological polar surface area (TPSA) is 34.1 Å². The molecule has 0 spiro atoms. The molecule has 2 nitrogen and oxygen atoms in total. The Labute approximate surface area is 92.0 Å². The number of rotatable bonds is 4. The first-order valence-corrected chi connectivity index (χ1v) is 6.77. The molecule has 15 heavy (non-hydrogen) atoms. The second kappa shape index (κ2) is 4.67. The van der Waals surface area contributed by atoms with Gasteiger partial charge in [0.2, 0.25) is 0 Å². The average Bonchev–Trinajstić information content (AvgIpc) is 2.27. The van der Waals surface area contributed by atoms with E-state index in [2.05, 4.69) is 5.92 Å². The molecular weight excluding hydrogens is 208 g/mol. The maximum atomic E-state index is 12.1. The summed E-state index contributed by atoms with van der Waals surface area (Å²) >= 11 is 0. The molecule has 0 saturated carbocycles. The molecule has 0 amide bonds. The van der Waals surface area contributed by atoms with Crippen LogP contribution in [0.25, 0.3) is 0 Å². The highest BCUT2D eigenvalue weighted by Crippen LogP contribution is 2.28. The lowest BCUT2D eigenvalue weighted by atomic mass is 10.0. The monoisotopic (exact) mass is 224 g/mol. The minimum absolute atomic E-state index is 0.172. The highest BCUT2D eigenvalue weighted by atomic mass is 32.2. The first-order chi connectivity index (χ1) is 7.08. The molecular formula is C12H16O2S. The molecule has 0 aromatic rings. The highest BCUT2D eigenvalue weighted by molar-refractivity contribution is 7.93. The van der Waals surface area contributed by atoms with Gasteiger partial charge in [-0.1, -0.05) is 43.6 Å². The van der Waals surface area contributed by atoms with Crippen LogP contribution in [0.15, 0.2) is 24.3 Å². The van der Waals surface area contributed by atoms with Crippen LogP contribution < -0.4 is 0 Å². The molecule has 1 aliphatic carbocycles. The van der Waals surface area contributed by atoms with Gasteiger partial charge in [-0.25, -0.2) is 8.42 Å². The summed E-state index contributed by atoms with van der Waals surface area (Å²) in [6.07, 6.45) is 14.3. The predicted molar refractivity (Wildman–Crippen MR) is 63.2 cm³/mol. The van der Waals surface area contributed by atoms with E-state index in [9.17, 15) is 8.42 Å². The zero-order chi connectivity index (χ0) is 11.4. The van der Waals surface area contributed by atoms with Crippen LogP contribution in [0.1, 0.15) is 26.2 Å². The molecule has 0 radical (unpaired) electrons. The molecule has 1 rings (SSSR count). The Bertz CT molecular complexity index is 409. The van der Waals surface area contributed by atoms with Gasteiger partial charge in [0.1, 0.15) is 0 Å². The number of hydrogen-bond donors (Lipinski definition) is 0. The van der Waals surface area contributed by atoms with Gasteiger partial charge in [-0.2, -0.15) is 0 Å². The van der Waals surface area contributed by atoms with Crippen LogP contribution in [0.2, 0.25) is 0 Å². The predicted octanol–water partition coefficient (Wildman–Crippen LogP) is 2.09. The van der Waals surface area contributed by atoms with Gasteiger partial charge in [-0.3, -0.25) is 0 Å². The van der Waals surface area contributed by atoms with Crippen molar-refractivity contribution in [2.24, 2.45) is 0 Å². The fourth-order valence-corrected chi connectivity index (χ4v) is 3.39. The van der Waals surface area contributed by atoms with Gasteiger partial charge in [-0.05, 0) is 12.8 Å². The van der Waals surface area contributed by atoms with Gasteiger partial charge in [-0.15, -0.1) is 6.42 Å². The third-order valence-corrected chi connectivity index (χ3v) is 4.96. The van der Waals surface area contributed by atoms with Crippen molar-refractivity contribution in [3.05, 3.63) is 24.3 Å². The number of hydrogen-bond acceptors (Lipinski definition) is 2. The van der Waals surface area contributed by atoms with E-state index in [0.29, 0.717) is 12.8 Å². The normalized spacial score (nSPS) is 25.1. The fraction of sp³-hybridized carbons (Fsp3) is 0.500. The van der Waals surface area contributed by atoms with Crippen molar-refractivity contribution in [2.75, 3.05) is 5.75 Å². The number of sulfone groups is 1. The summed E-state index contributed by atoms with van der Waals surface area (Å²) in [5.74, 6) is 2.61. The SMILES string of the molecule is C#CC1(S(=O)(=O)CCCC)C=CC=CC1. The zero-order valence-corrected chi connectivity index (χ0v) is 9.76. The van der Waals surface area contributed by atoms with Crippen LogP contribution in [-0.4, -0.2) is 18.9 Å². The third kappa shape index (κ3) is 2.32. The van der Waals surface area contributed by atoms with Crippen LogP contribution in [0.5, 0.6) is 0 Å². The Morgan fingerprint density at radius 1 is 1.47 bits per heavy atom. The van der Waals surface area contributed by atoms with Gasteiger partial charge in [0.25, 0.3) is 0 Å². The Kier molecular flexibility index (Phi) is 3.76. The van der Waals surface area contributed by atoms with Crippen LogP contribution in [-0.2, 0) is 9.84 Å². The van der Waals surface area contributed by atoms with Crippen LogP contribution in [0.4, 0.5) is 0 Å². The van der Waals surface area contributed by atoms with Crippen molar-refractivity contribution in [1.82, 2.24) is 0 Å². The molecule has 0 heterocycles. The van der Waals surface area contributed by atoms with E-state index in [-0.39, 0.29) is 5.75 Å². The second-order valence-corrected chi connectivity index (χ2v) is 6.06. The Morgan fingerprint density at radius 2 is 2.20 bits per heavy atom. The third-order valence-electron chi connectivity index (χ3n) is 2.60. The Hall–Kier alpha value is -1.01. The second-order valence-electron chi connectivity index (χ2n) is 3.70. The summed E-state index contributed by atoms with van der Waals surface area (Å²) in [6, 6.07) is 0. The van der Waals surface area contributed by atoms with E-state index >= 15 is 0 Å². The van der Waals surface area contributed by atoms with Crippen molar-refractivity contribution in [2.45, 2.75) is 30.9 Å². The smallest absolute Gasteiger partial charge is 0.171 e. The average molecular weight is 224 g/mol. The summed E-state index contributed by atoms with van der Waals surface area (Å²) in [5, 5.41) is 0. The van der Waals surface area contributed by atoms with E-state index in [1.807, 2.05) is 19.1 Å². The summed E-state index contributed by atoms with van der Waals surface area (Å²) in [5.41, 5.74) is 0. The van der Waals surface area contributed by atoms with E-state index < -0.39 is 14.6 Å². The quantitative estimate of drug-likeness (QED) is 0.685. The standard InChI is InChI=1S/C12H16O2S/c1-3-5-11-15(13,14)12(4-2)9-7-6-8-10-12/h2,6-9H,3,5,10-11H2,1H3. The molecule has 0 aromatic carbocycles. The van der Waals surface area contributed by atoms with Crippen molar-refractivity contribution >= 4 is 9.84 Å². The minimum atomic E-state index is -3.23. The molecule has 0 aliphatic heterocycles. The van der Waals surface area contributed by atoms with Crippen molar-refractivity contribution < 1.29 is 8.42 Å². The van der Waals surface area contributed by atoms with Crippen molar-refractivity contribution in [3.63, 3.8) is 0 Å². The van der Waals surface area contributed by atoms with Gasteiger partial charge in [0.05, 0.1) is 5.75 Å². The van der Waals surface area contributed by atoms with Crippen molar-refractivity contribution in [1.29, 1.82) is 0 Å². The highest BCUT2D eigenvalue weighted by Gasteiger charge is 2.38. The molecule has 3 heteroatoms. The maximum Gasteiger partial charge on any atom is 0.171 e. The number of allylic oxidation sites excluding steroid dienone is 3. The lowest BCUT2D eigenvalue weighted by molar-refractivity contribution is 0.573. The Balaban J connectivity index is 2.98. The molecule has 1 unspecified atom stereocenters. The van der Waals surface area contributed by atoms with Crippen molar-refractivity contribution in [3.8, 4) is 12.3 Å². The Morgan fingerprint density at radius 3 is 2.67 bits per heavy atom. The molecule has 0 fully saturated rings. The molecule has 0 bridgehead atoms. The molecule has 0 aromatic heterocycles. The summed E-state index contributed by atoms with van der Waals surface area (Å²) in [7, 11) is -3.23. The van der Waals surface area contributed by atoms with Crippen LogP contribution >= 0.6 is 0 Å². The maximum absolute atomic E-state index is 12.1. The van der Waals surface area contributed by atoms with Gasteiger partial charge in [0, 0.05) is 0 Å². The van der Waals surface area contributed by atoms with Crippen LogP contribution in [0, 0.1) is 12.3 Å². The first-order valence-electron chi connectivity index (χ1n) is 5.12. The number of terminal acetylenes is 1. The van der Waals surface area contributed by atoms with Gasteiger partial charge < -0.3 is 0 Å². The first kappa shape index (κ1) is 12.1. The molecule has 1 aliphatic rings. The summed E-state index contributed by atoms with van der Waals surface area (Å²) in [4.78, 5) is 0. The van der Waals surface area contributed by atoms with E-state index in [4.69, 9.17) is 6.42 Å². The molecule has 1 atom stereocenters. The van der Waals surface area contributed by atoms with Crippen LogP contribution in [0.3, 0.4) is 0 Å². The molecule has 82 valence electrons. The summed E-state index contributed by atoms with van der Waals surface area (Å²) < 4.78 is 23.0. The largest absolute Gasteiger partial charge is 0.227 e. The lowest BCUT2D eigenvalue weighted by Gasteiger charge is -2.25. The molecule has 0 N–H and O–H groups in total. The zero-order valence-electron chi connectivity index (χ0n) is 8.94. The van der Waals surface area contributed by atoms with Gasteiger partial charge >= 0.3 is 0 Å². The minimum Gasteiger partial charge on any atom is -0.227 e. The van der Waals surface area contributed by atoms with E-state index in [1.54, 1.807) is 12.2 Å². The fourth-order valence-electron chi connectivity index (χ4n) is 1.54.